The van der Waals surface area contributed by atoms with Crippen LogP contribution in [-0.4, -0.2) is 37.2 Å². The van der Waals surface area contributed by atoms with Crippen molar-refractivity contribution in [1.82, 2.24) is 4.90 Å². The molecule has 0 aliphatic carbocycles. The van der Waals surface area contributed by atoms with Gasteiger partial charge in [0.1, 0.15) is 6.61 Å². The highest BCUT2D eigenvalue weighted by Gasteiger charge is 2.29. The molecule has 152 valence electrons. The maximum absolute atomic E-state index is 12.6. The van der Waals surface area contributed by atoms with E-state index in [1.807, 2.05) is 60.7 Å². The van der Waals surface area contributed by atoms with Crippen molar-refractivity contribution in [3.63, 3.8) is 0 Å². The number of methoxy groups -OCH3 is 1. The maximum atomic E-state index is 12.6. The van der Waals surface area contributed by atoms with Gasteiger partial charge in [-0.1, -0.05) is 66.7 Å². The second kappa shape index (κ2) is 8.82. The second-order valence-corrected chi connectivity index (χ2v) is 7.22. The SMILES string of the molecule is COC(=O)C1=C(c2ccc3ccccc3c2)CCN(C(=O)OCc2ccccc2)C1. The summed E-state index contributed by atoms with van der Waals surface area (Å²) in [4.78, 5) is 26.6. The quantitative estimate of drug-likeness (QED) is 0.589. The summed E-state index contributed by atoms with van der Waals surface area (Å²) in [6, 6.07) is 23.8. The van der Waals surface area contributed by atoms with Crippen LogP contribution in [-0.2, 0) is 20.9 Å². The molecule has 1 aliphatic rings. The zero-order chi connectivity index (χ0) is 20.9. The molecule has 5 heteroatoms. The minimum atomic E-state index is -0.433. The van der Waals surface area contributed by atoms with Crippen molar-refractivity contribution < 1.29 is 19.1 Å². The van der Waals surface area contributed by atoms with E-state index in [0.717, 1.165) is 27.5 Å². The highest BCUT2D eigenvalue weighted by atomic mass is 16.6. The van der Waals surface area contributed by atoms with E-state index in [-0.39, 0.29) is 13.2 Å². The summed E-state index contributed by atoms with van der Waals surface area (Å²) in [5.41, 5.74) is 3.31. The molecule has 1 aliphatic heterocycles. The van der Waals surface area contributed by atoms with Gasteiger partial charge in [-0.2, -0.15) is 0 Å². The average Bonchev–Trinajstić information content (AvgIpc) is 2.82. The molecular weight excluding hydrogens is 378 g/mol. The molecule has 0 unspecified atom stereocenters. The molecule has 1 heterocycles. The minimum absolute atomic E-state index is 0.169. The average molecular weight is 401 g/mol. The predicted octanol–water partition coefficient (Wildman–Crippen LogP) is 4.81. The molecule has 3 aromatic rings. The van der Waals surface area contributed by atoms with Gasteiger partial charge in [0, 0.05) is 6.54 Å². The lowest BCUT2D eigenvalue weighted by molar-refractivity contribution is -0.136. The van der Waals surface area contributed by atoms with Gasteiger partial charge in [-0.15, -0.1) is 0 Å². The lowest BCUT2D eigenvalue weighted by atomic mass is 9.92. The Morgan fingerprint density at radius 3 is 2.43 bits per heavy atom. The summed E-state index contributed by atoms with van der Waals surface area (Å²) in [5, 5.41) is 2.25. The molecule has 0 spiro atoms. The number of fused-ring (bicyclic) bond motifs is 1. The molecule has 0 radical (unpaired) electrons. The molecule has 4 rings (SSSR count). The van der Waals surface area contributed by atoms with Crippen LogP contribution in [0.5, 0.6) is 0 Å². The molecule has 0 saturated heterocycles. The number of hydrogen-bond acceptors (Lipinski definition) is 4. The van der Waals surface area contributed by atoms with E-state index in [1.165, 1.54) is 7.11 Å². The summed E-state index contributed by atoms with van der Waals surface area (Å²) >= 11 is 0. The van der Waals surface area contributed by atoms with Crippen molar-refractivity contribution in [2.24, 2.45) is 0 Å². The maximum Gasteiger partial charge on any atom is 0.410 e. The van der Waals surface area contributed by atoms with Crippen LogP contribution in [0.1, 0.15) is 17.5 Å². The molecule has 5 nitrogen and oxygen atoms in total. The number of rotatable bonds is 4. The third-order valence-corrected chi connectivity index (χ3v) is 5.34. The fourth-order valence-corrected chi connectivity index (χ4v) is 3.74. The summed E-state index contributed by atoms with van der Waals surface area (Å²) in [6.45, 7) is 0.851. The van der Waals surface area contributed by atoms with Gasteiger partial charge in [0.05, 0.1) is 19.2 Å². The van der Waals surface area contributed by atoms with Gasteiger partial charge in [0.25, 0.3) is 0 Å². The van der Waals surface area contributed by atoms with E-state index in [4.69, 9.17) is 9.47 Å². The predicted molar refractivity (Wildman–Crippen MR) is 116 cm³/mol. The number of amides is 1. The third kappa shape index (κ3) is 4.20. The number of nitrogens with zero attached hydrogens (tertiary/aromatic N) is 1. The first-order valence-corrected chi connectivity index (χ1v) is 9.91. The molecule has 3 aromatic carbocycles. The zero-order valence-corrected chi connectivity index (χ0v) is 16.8. The lowest BCUT2D eigenvalue weighted by Crippen LogP contribution is -2.39. The first-order chi connectivity index (χ1) is 14.7. The fourth-order valence-electron chi connectivity index (χ4n) is 3.74. The molecule has 0 bridgehead atoms. The van der Waals surface area contributed by atoms with Crippen LogP contribution in [0.15, 0.2) is 78.4 Å². The molecule has 0 fully saturated rings. The van der Waals surface area contributed by atoms with Gasteiger partial charge in [0.2, 0.25) is 0 Å². The normalized spacial score (nSPS) is 14.0. The molecule has 0 aromatic heterocycles. The molecule has 0 saturated carbocycles. The van der Waals surface area contributed by atoms with E-state index in [1.54, 1.807) is 4.90 Å². The van der Waals surface area contributed by atoms with E-state index in [9.17, 15) is 9.59 Å². The molecule has 30 heavy (non-hydrogen) atoms. The number of carbonyl (C=O) groups is 2. The zero-order valence-electron chi connectivity index (χ0n) is 16.8. The summed E-state index contributed by atoms with van der Waals surface area (Å²) in [6.07, 6.45) is 0.126. The molecular formula is C25H23NO4. The Morgan fingerprint density at radius 1 is 0.933 bits per heavy atom. The Morgan fingerprint density at radius 2 is 1.67 bits per heavy atom. The minimum Gasteiger partial charge on any atom is -0.466 e. The van der Waals surface area contributed by atoms with Crippen molar-refractivity contribution in [1.29, 1.82) is 0 Å². The first-order valence-electron chi connectivity index (χ1n) is 9.91. The van der Waals surface area contributed by atoms with Crippen LogP contribution in [0.4, 0.5) is 4.79 Å². The highest BCUT2D eigenvalue weighted by molar-refractivity contribution is 6.00. The van der Waals surface area contributed by atoms with Crippen molar-refractivity contribution in [3.8, 4) is 0 Å². The summed E-state index contributed by atoms with van der Waals surface area (Å²) in [7, 11) is 1.36. The standard InChI is InChI=1S/C25H23NO4/c1-29-24(27)23-16-26(25(28)30-17-18-7-3-2-4-8-18)14-13-22(23)21-12-11-19-9-5-6-10-20(19)15-21/h2-12,15H,13-14,16-17H2,1H3. The van der Waals surface area contributed by atoms with Crippen molar-refractivity contribution in [3.05, 3.63) is 89.5 Å². The second-order valence-electron chi connectivity index (χ2n) is 7.22. The fraction of sp³-hybridized carbons (Fsp3) is 0.200. The van der Waals surface area contributed by atoms with Crippen LogP contribution in [0.3, 0.4) is 0 Å². The van der Waals surface area contributed by atoms with Crippen LogP contribution in [0.2, 0.25) is 0 Å². The number of hydrogen-bond donors (Lipinski definition) is 0. The first kappa shape index (κ1) is 19.7. The van der Waals surface area contributed by atoms with Gasteiger partial charge < -0.3 is 14.4 Å². The van der Waals surface area contributed by atoms with Gasteiger partial charge in [0.15, 0.2) is 0 Å². The molecule has 0 N–H and O–H groups in total. The number of esters is 1. The van der Waals surface area contributed by atoms with E-state index in [0.29, 0.717) is 18.5 Å². The van der Waals surface area contributed by atoms with Gasteiger partial charge in [-0.3, -0.25) is 0 Å². The lowest BCUT2D eigenvalue weighted by Gasteiger charge is -2.29. The van der Waals surface area contributed by atoms with Crippen LogP contribution in [0, 0.1) is 0 Å². The number of benzene rings is 3. The van der Waals surface area contributed by atoms with Crippen molar-refractivity contribution in [2.75, 3.05) is 20.2 Å². The molecule has 0 atom stereocenters. The van der Waals surface area contributed by atoms with Gasteiger partial charge in [-0.05, 0) is 40.0 Å². The Kier molecular flexibility index (Phi) is 5.80. The van der Waals surface area contributed by atoms with Gasteiger partial charge in [-0.25, -0.2) is 9.59 Å². The van der Waals surface area contributed by atoms with Crippen LogP contribution in [0.25, 0.3) is 16.3 Å². The number of carbonyl (C=O) groups excluding carboxylic acids is 2. The van der Waals surface area contributed by atoms with Crippen LogP contribution < -0.4 is 0 Å². The largest absolute Gasteiger partial charge is 0.466 e. The van der Waals surface area contributed by atoms with E-state index >= 15 is 0 Å². The third-order valence-electron chi connectivity index (χ3n) is 5.34. The highest BCUT2D eigenvalue weighted by Crippen LogP contribution is 2.30. The van der Waals surface area contributed by atoms with Crippen LogP contribution >= 0.6 is 0 Å². The summed E-state index contributed by atoms with van der Waals surface area (Å²) in [5.74, 6) is -0.418. The Hall–Kier alpha value is -3.60. The van der Waals surface area contributed by atoms with Crippen molar-refractivity contribution in [2.45, 2.75) is 13.0 Å². The Balaban J connectivity index is 1.56. The Bertz CT molecular complexity index is 1100. The smallest absolute Gasteiger partial charge is 0.410 e. The van der Waals surface area contributed by atoms with E-state index in [2.05, 4.69) is 12.1 Å². The Labute approximate surface area is 175 Å². The summed E-state index contributed by atoms with van der Waals surface area (Å²) < 4.78 is 10.5. The molecule has 1 amide bonds. The van der Waals surface area contributed by atoms with Gasteiger partial charge >= 0.3 is 12.1 Å². The van der Waals surface area contributed by atoms with Crippen molar-refractivity contribution >= 4 is 28.4 Å². The number of ether oxygens (including phenoxy) is 2. The monoisotopic (exact) mass is 401 g/mol. The topological polar surface area (TPSA) is 55.8 Å². The van der Waals surface area contributed by atoms with E-state index < -0.39 is 12.1 Å².